The smallest absolute Gasteiger partial charge is 0.266 e. The van der Waals surface area contributed by atoms with Gasteiger partial charge in [0.15, 0.2) is 11.5 Å². The van der Waals surface area contributed by atoms with E-state index in [1.807, 2.05) is 62.4 Å². The van der Waals surface area contributed by atoms with Gasteiger partial charge in [-0.3, -0.25) is 4.79 Å². The van der Waals surface area contributed by atoms with Gasteiger partial charge in [0.1, 0.15) is 18.2 Å². The molecule has 0 aliphatic rings. The molecule has 0 aromatic heterocycles. The molecule has 168 valence electrons. The van der Waals surface area contributed by atoms with Crippen LogP contribution in [0.1, 0.15) is 23.6 Å². The molecular formula is C26H22ClIN2O3. The molecule has 0 fully saturated rings. The number of nitriles is 1. The van der Waals surface area contributed by atoms with Gasteiger partial charge >= 0.3 is 0 Å². The van der Waals surface area contributed by atoms with Gasteiger partial charge in [0, 0.05) is 16.3 Å². The highest BCUT2D eigenvalue weighted by Crippen LogP contribution is 2.36. The number of carbonyl (C=O) groups is 1. The van der Waals surface area contributed by atoms with Gasteiger partial charge < -0.3 is 14.8 Å². The Bertz CT molecular complexity index is 1220. The van der Waals surface area contributed by atoms with E-state index in [4.69, 9.17) is 21.1 Å². The number of amides is 1. The summed E-state index contributed by atoms with van der Waals surface area (Å²) in [5.41, 5.74) is 3.21. The minimum absolute atomic E-state index is 0.0152. The number of benzene rings is 3. The molecule has 0 spiro atoms. The fraction of sp³-hybridized carbons (Fsp3) is 0.154. The van der Waals surface area contributed by atoms with Crippen molar-refractivity contribution in [2.24, 2.45) is 0 Å². The summed E-state index contributed by atoms with van der Waals surface area (Å²) in [6.45, 7) is 4.56. The number of carbonyl (C=O) groups excluding carboxylic acids is 1. The fourth-order valence-electron chi connectivity index (χ4n) is 2.99. The van der Waals surface area contributed by atoms with Crippen LogP contribution >= 0.6 is 34.2 Å². The van der Waals surface area contributed by atoms with Crippen LogP contribution in [0.15, 0.2) is 66.2 Å². The number of nitrogens with zero attached hydrogens (tertiary/aromatic N) is 1. The van der Waals surface area contributed by atoms with E-state index in [1.54, 1.807) is 18.2 Å². The van der Waals surface area contributed by atoms with Crippen LogP contribution in [0.4, 0.5) is 5.69 Å². The summed E-state index contributed by atoms with van der Waals surface area (Å²) < 4.78 is 12.6. The van der Waals surface area contributed by atoms with E-state index in [0.717, 1.165) is 14.7 Å². The third-order valence-corrected chi connectivity index (χ3v) is 5.82. The number of rotatable bonds is 8. The summed E-state index contributed by atoms with van der Waals surface area (Å²) >= 11 is 8.39. The molecule has 0 bridgehead atoms. The fourth-order valence-corrected chi connectivity index (χ4v) is 3.96. The molecule has 7 heteroatoms. The van der Waals surface area contributed by atoms with Gasteiger partial charge in [-0.1, -0.05) is 47.5 Å². The molecule has 3 aromatic rings. The molecule has 0 saturated carbocycles. The van der Waals surface area contributed by atoms with Crippen molar-refractivity contribution < 1.29 is 14.3 Å². The van der Waals surface area contributed by atoms with E-state index in [-0.39, 0.29) is 12.2 Å². The Balaban J connectivity index is 1.85. The molecule has 0 saturated heterocycles. The number of aryl methyl sites for hydroxylation is 1. The highest BCUT2D eigenvalue weighted by molar-refractivity contribution is 14.1. The van der Waals surface area contributed by atoms with E-state index in [2.05, 4.69) is 27.9 Å². The number of halogens is 2. The summed E-state index contributed by atoms with van der Waals surface area (Å²) in [5.74, 6) is 0.629. The van der Waals surface area contributed by atoms with Crippen LogP contribution in [-0.4, -0.2) is 12.5 Å². The average molecular weight is 573 g/mol. The Morgan fingerprint density at radius 3 is 2.55 bits per heavy atom. The first-order chi connectivity index (χ1) is 15.9. The molecule has 3 rings (SSSR count). The zero-order chi connectivity index (χ0) is 23.8. The van der Waals surface area contributed by atoms with Crippen LogP contribution in [0.2, 0.25) is 5.02 Å². The Morgan fingerprint density at radius 1 is 1.15 bits per heavy atom. The van der Waals surface area contributed by atoms with Crippen molar-refractivity contribution in [2.75, 3.05) is 11.9 Å². The van der Waals surface area contributed by atoms with Gasteiger partial charge in [0.2, 0.25) is 0 Å². The number of hydrogen-bond donors (Lipinski definition) is 1. The van der Waals surface area contributed by atoms with Crippen molar-refractivity contribution in [2.45, 2.75) is 20.5 Å². The largest absolute Gasteiger partial charge is 0.490 e. The number of ether oxygens (including phenoxy) is 2. The molecule has 0 atom stereocenters. The number of hydrogen-bond acceptors (Lipinski definition) is 4. The monoisotopic (exact) mass is 572 g/mol. The molecular weight excluding hydrogens is 551 g/mol. The SMILES string of the molecule is CCOc1cc(/C=C(/C#N)C(=O)Nc2ccc(C)cc2)cc(I)c1OCc1ccccc1Cl. The topological polar surface area (TPSA) is 71.3 Å². The third kappa shape index (κ3) is 6.73. The van der Waals surface area contributed by atoms with Crippen molar-refractivity contribution in [1.29, 1.82) is 5.26 Å². The second kappa shape index (κ2) is 11.7. The first-order valence-electron chi connectivity index (χ1n) is 10.2. The van der Waals surface area contributed by atoms with E-state index >= 15 is 0 Å². The summed E-state index contributed by atoms with van der Waals surface area (Å²) in [5, 5.41) is 12.9. The standard InChI is InChI=1S/C26H22ClIN2O3/c1-3-32-24-14-18(12-20(15-29)26(31)30-21-10-8-17(2)9-11-21)13-23(28)25(24)33-16-19-6-4-5-7-22(19)27/h4-14H,3,16H2,1-2H3,(H,30,31)/b20-12-. The van der Waals surface area contributed by atoms with Crippen molar-refractivity contribution in [3.63, 3.8) is 0 Å². The predicted molar refractivity (Wildman–Crippen MR) is 140 cm³/mol. The Hall–Kier alpha value is -3.02. The molecule has 0 aliphatic carbocycles. The lowest BCUT2D eigenvalue weighted by Gasteiger charge is -2.15. The second-order valence-electron chi connectivity index (χ2n) is 7.13. The number of anilines is 1. The van der Waals surface area contributed by atoms with Gasteiger partial charge in [-0.15, -0.1) is 0 Å². The molecule has 5 nitrogen and oxygen atoms in total. The third-order valence-electron chi connectivity index (χ3n) is 4.65. The molecule has 3 aromatic carbocycles. The molecule has 1 amide bonds. The van der Waals surface area contributed by atoms with Gasteiger partial charge in [-0.05, 0) is 78.4 Å². The maximum Gasteiger partial charge on any atom is 0.266 e. The summed E-state index contributed by atoms with van der Waals surface area (Å²) in [4.78, 5) is 12.6. The zero-order valence-corrected chi connectivity index (χ0v) is 21.1. The van der Waals surface area contributed by atoms with E-state index in [0.29, 0.717) is 34.4 Å². The number of nitrogens with one attached hydrogen (secondary N) is 1. The lowest BCUT2D eigenvalue weighted by molar-refractivity contribution is -0.112. The minimum atomic E-state index is -0.478. The summed E-state index contributed by atoms with van der Waals surface area (Å²) in [6, 6.07) is 20.4. The molecule has 0 unspecified atom stereocenters. The van der Waals surface area contributed by atoms with Crippen molar-refractivity contribution in [3.8, 4) is 17.6 Å². The Kier molecular flexibility index (Phi) is 8.75. The molecule has 0 aliphatic heterocycles. The van der Waals surface area contributed by atoms with Crippen LogP contribution in [0.5, 0.6) is 11.5 Å². The van der Waals surface area contributed by atoms with Crippen molar-refractivity contribution in [3.05, 3.63) is 91.5 Å². The average Bonchev–Trinajstić information content (AvgIpc) is 2.79. The Morgan fingerprint density at radius 2 is 1.88 bits per heavy atom. The van der Waals surface area contributed by atoms with Crippen LogP contribution < -0.4 is 14.8 Å². The second-order valence-corrected chi connectivity index (χ2v) is 8.70. The molecule has 0 radical (unpaired) electrons. The van der Waals surface area contributed by atoms with E-state index in [1.165, 1.54) is 6.08 Å². The first kappa shape index (κ1) is 24.6. The lowest BCUT2D eigenvalue weighted by Crippen LogP contribution is -2.13. The Labute approximate surface area is 212 Å². The van der Waals surface area contributed by atoms with Crippen LogP contribution in [-0.2, 0) is 11.4 Å². The van der Waals surface area contributed by atoms with Crippen molar-refractivity contribution in [1.82, 2.24) is 0 Å². The quantitative estimate of drug-likeness (QED) is 0.184. The predicted octanol–water partition coefficient (Wildman–Crippen LogP) is 6.78. The summed E-state index contributed by atoms with van der Waals surface area (Å²) in [7, 11) is 0. The molecule has 1 N–H and O–H groups in total. The van der Waals surface area contributed by atoms with E-state index < -0.39 is 5.91 Å². The lowest BCUT2D eigenvalue weighted by atomic mass is 10.1. The van der Waals surface area contributed by atoms with Crippen LogP contribution in [0, 0.1) is 21.8 Å². The van der Waals surface area contributed by atoms with Crippen LogP contribution in [0.3, 0.4) is 0 Å². The van der Waals surface area contributed by atoms with Gasteiger partial charge in [0.05, 0.1) is 10.2 Å². The van der Waals surface area contributed by atoms with Crippen molar-refractivity contribution >= 4 is 51.9 Å². The highest BCUT2D eigenvalue weighted by atomic mass is 127. The van der Waals surface area contributed by atoms with Crippen LogP contribution in [0.25, 0.3) is 6.08 Å². The first-order valence-corrected chi connectivity index (χ1v) is 11.7. The maximum absolute atomic E-state index is 12.6. The van der Waals surface area contributed by atoms with Gasteiger partial charge in [-0.25, -0.2) is 0 Å². The minimum Gasteiger partial charge on any atom is -0.490 e. The van der Waals surface area contributed by atoms with Gasteiger partial charge in [-0.2, -0.15) is 5.26 Å². The molecule has 33 heavy (non-hydrogen) atoms. The summed E-state index contributed by atoms with van der Waals surface area (Å²) in [6.07, 6.45) is 1.53. The highest BCUT2D eigenvalue weighted by Gasteiger charge is 2.15. The van der Waals surface area contributed by atoms with E-state index in [9.17, 15) is 10.1 Å². The van der Waals surface area contributed by atoms with Gasteiger partial charge in [0.25, 0.3) is 5.91 Å². The molecule has 0 heterocycles. The zero-order valence-electron chi connectivity index (χ0n) is 18.2. The maximum atomic E-state index is 12.6. The normalized spacial score (nSPS) is 10.9.